The third-order valence-corrected chi connectivity index (χ3v) is 2.79. The van der Waals surface area contributed by atoms with E-state index >= 15 is 0 Å². The molecule has 1 amide bonds. The second-order valence-corrected chi connectivity index (χ2v) is 5.35. The number of alkyl halides is 3. The predicted octanol–water partition coefficient (Wildman–Crippen LogP) is 2.57. The van der Waals surface area contributed by atoms with E-state index in [9.17, 15) is 18.0 Å². The lowest BCUT2D eigenvalue weighted by Gasteiger charge is -2.30. The van der Waals surface area contributed by atoms with E-state index in [2.05, 4.69) is 4.74 Å². The number of methoxy groups -OCH3 is 1. The van der Waals surface area contributed by atoms with Gasteiger partial charge in [0.2, 0.25) is 0 Å². The van der Waals surface area contributed by atoms with Crippen LogP contribution in [-0.4, -0.2) is 48.6 Å². The molecule has 0 spiro atoms. The Morgan fingerprint density at radius 2 is 1.83 bits per heavy atom. The minimum absolute atomic E-state index is 0.0255. The van der Waals surface area contributed by atoms with Gasteiger partial charge in [0.1, 0.15) is 5.60 Å². The van der Waals surface area contributed by atoms with Crippen LogP contribution in [-0.2, 0) is 9.47 Å². The van der Waals surface area contributed by atoms with E-state index in [0.29, 0.717) is 0 Å². The average molecular weight is 269 g/mol. The summed E-state index contributed by atoms with van der Waals surface area (Å²) in [5, 5.41) is 0. The van der Waals surface area contributed by atoms with E-state index in [1.807, 2.05) is 0 Å². The van der Waals surface area contributed by atoms with Gasteiger partial charge in [-0.2, -0.15) is 13.2 Å². The molecule has 7 heteroatoms. The molecule has 1 fully saturated rings. The lowest BCUT2D eigenvalue weighted by molar-refractivity contribution is -0.263. The molecule has 1 unspecified atom stereocenters. The van der Waals surface area contributed by atoms with Gasteiger partial charge in [0, 0.05) is 20.1 Å². The van der Waals surface area contributed by atoms with E-state index in [4.69, 9.17) is 4.74 Å². The fourth-order valence-corrected chi connectivity index (χ4v) is 1.78. The van der Waals surface area contributed by atoms with Gasteiger partial charge in [0.25, 0.3) is 0 Å². The number of rotatable bonds is 1. The Hall–Kier alpha value is -0.980. The SMILES string of the molecule is COC1(C(F)(F)F)CCN(C(=O)OC(C)(C)C)C1. The van der Waals surface area contributed by atoms with Gasteiger partial charge < -0.3 is 14.4 Å². The Morgan fingerprint density at radius 1 is 1.28 bits per heavy atom. The van der Waals surface area contributed by atoms with Gasteiger partial charge >= 0.3 is 12.3 Å². The molecule has 1 atom stereocenters. The molecule has 1 aliphatic heterocycles. The molecule has 1 aliphatic rings. The van der Waals surface area contributed by atoms with Gasteiger partial charge in [0.05, 0.1) is 6.54 Å². The van der Waals surface area contributed by atoms with Gasteiger partial charge in [0.15, 0.2) is 5.60 Å². The van der Waals surface area contributed by atoms with Crippen molar-refractivity contribution in [1.29, 1.82) is 0 Å². The van der Waals surface area contributed by atoms with Crippen LogP contribution in [0.3, 0.4) is 0 Å². The molecule has 1 rings (SSSR count). The number of carbonyl (C=O) groups excluding carboxylic acids is 1. The van der Waals surface area contributed by atoms with Crippen molar-refractivity contribution >= 4 is 6.09 Å². The quantitative estimate of drug-likeness (QED) is 0.734. The lowest BCUT2D eigenvalue weighted by Crippen LogP contribution is -2.50. The second kappa shape index (κ2) is 4.60. The van der Waals surface area contributed by atoms with Crippen LogP contribution in [0.15, 0.2) is 0 Å². The van der Waals surface area contributed by atoms with Gasteiger partial charge in [-0.05, 0) is 20.8 Å². The van der Waals surface area contributed by atoms with E-state index in [-0.39, 0.29) is 13.0 Å². The topological polar surface area (TPSA) is 38.8 Å². The maximum Gasteiger partial charge on any atom is 0.419 e. The van der Waals surface area contributed by atoms with Gasteiger partial charge in [-0.15, -0.1) is 0 Å². The Labute approximate surface area is 104 Å². The molecule has 0 aromatic carbocycles. The van der Waals surface area contributed by atoms with Crippen molar-refractivity contribution in [2.75, 3.05) is 20.2 Å². The zero-order valence-electron chi connectivity index (χ0n) is 10.9. The molecule has 18 heavy (non-hydrogen) atoms. The van der Waals surface area contributed by atoms with Crippen LogP contribution in [0, 0.1) is 0 Å². The zero-order valence-corrected chi connectivity index (χ0v) is 10.9. The number of likely N-dealkylation sites (tertiary alicyclic amines) is 1. The summed E-state index contributed by atoms with van der Waals surface area (Å²) >= 11 is 0. The average Bonchev–Trinajstić information content (AvgIpc) is 2.59. The first-order valence-electron chi connectivity index (χ1n) is 5.60. The van der Waals surface area contributed by atoms with Crippen LogP contribution in [0.4, 0.5) is 18.0 Å². The van der Waals surface area contributed by atoms with Gasteiger partial charge in [-0.1, -0.05) is 0 Å². The molecule has 1 heterocycles. The largest absolute Gasteiger partial charge is 0.444 e. The van der Waals surface area contributed by atoms with Crippen molar-refractivity contribution in [3.8, 4) is 0 Å². The first kappa shape index (κ1) is 15.1. The van der Waals surface area contributed by atoms with Gasteiger partial charge in [-0.3, -0.25) is 0 Å². The summed E-state index contributed by atoms with van der Waals surface area (Å²) in [6.45, 7) is 4.43. The van der Waals surface area contributed by atoms with Crippen LogP contribution >= 0.6 is 0 Å². The van der Waals surface area contributed by atoms with Crippen molar-refractivity contribution in [2.45, 2.75) is 44.6 Å². The number of amides is 1. The third-order valence-electron chi connectivity index (χ3n) is 2.79. The molecule has 0 aromatic rings. The smallest absolute Gasteiger partial charge is 0.419 e. The van der Waals surface area contributed by atoms with E-state index < -0.39 is 30.0 Å². The molecule has 0 radical (unpaired) electrons. The van der Waals surface area contributed by atoms with Crippen LogP contribution in [0.5, 0.6) is 0 Å². The Balaban J connectivity index is 2.74. The first-order valence-corrected chi connectivity index (χ1v) is 5.60. The van der Waals surface area contributed by atoms with Crippen molar-refractivity contribution in [3.63, 3.8) is 0 Å². The highest BCUT2D eigenvalue weighted by Gasteiger charge is 2.59. The minimum atomic E-state index is -4.50. The number of hydrogen-bond acceptors (Lipinski definition) is 3. The van der Waals surface area contributed by atoms with Crippen molar-refractivity contribution in [3.05, 3.63) is 0 Å². The number of carbonyl (C=O) groups is 1. The summed E-state index contributed by atoms with van der Waals surface area (Å²) < 4.78 is 48.3. The summed E-state index contributed by atoms with van der Waals surface area (Å²) in [5.41, 5.74) is -3.00. The van der Waals surface area contributed by atoms with Crippen LogP contribution in [0.25, 0.3) is 0 Å². The lowest BCUT2D eigenvalue weighted by atomic mass is 10.0. The number of ether oxygens (including phenoxy) is 2. The fourth-order valence-electron chi connectivity index (χ4n) is 1.78. The first-order chi connectivity index (χ1) is 8.01. The van der Waals surface area contributed by atoms with Crippen molar-refractivity contribution in [2.24, 2.45) is 0 Å². The summed E-state index contributed by atoms with van der Waals surface area (Å²) in [6, 6.07) is 0. The summed E-state index contributed by atoms with van der Waals surface area (Å²) in [6.07, 6.45) is -5.52. The summed E-state index contributed by atoms with van der Waals surface area (Å²) in [4.78, 5) is 12.7. The normalized spacial score (nSPS) is 25.4. The fraction of sp³-hybridized carbons (Fsp3) is 0.909. The number of halogens is 3. The number of hydrogen-bond donors (Lipinski definition) is 0. The van der Waals surface area contributed by atoms with Crippen LogP contribution in [0.1, 0.15) is 27.2 Å². The maximum atomic E-state index is 12.9. The molecule has 0 aliphatic carbocycles. The van der Waals surface area contributed by atoms with Gasteiger partial charge in [-0.25, -0.2) is 4.79 Å². The summed E-state index contributed by atoms with van der Waals surface area (Å²) in [5.74, 6) is 0. The highest BCUT2D eigenvalue weighted by Crippen LogP contribution is 2.40. The van der Waals surface area contributed by atoms with E-state index in [1.165, 1.54) is 0 Å². The number of nitrogens with zero attached hydrogens (tertiary/aromatic N) is 1. The molecule has 1 saturated heterocycles. The van der Waals surface area contributed by atoms with Crippen molar-refractivity contribution < 1.29 is 27.4 Å². The predicted molar refractivity (Wildman–Crippen MR) is 58.2 cm³/mol. The molecule has 0 aromatic heterocycles. The molecule has 0 saturated carbocycles. The molecular formula is C11H18F3NO3. The Bertz CT molecular complexity index is 324. The molecule has 0 bridgehead atoms. The second-order valence-electron chi connectivity index (χ2n) is 5.35. The molecule has 0 N–H and O–H groups in total. The minimum Gasteiger partial charge on any atom is -0.444 e. The molecule has 106 valence electrons. The molecular weight excluding hydrogens is 251 g/mol. The highest BCUT2D eigenvalue weighted by atomic mass is 19.4. The zero-order chi connectivity index (χ0) is 14.2. The third kappa shape index (κ3) is 3.07. The van der Waals surface area contributed by atoms with Crippen LogP contribution < -0.4 is 0 Å². The summed E-state index contributed by atoms with van der Waals surface area (Å²) in [7, 11) is 1.01. The maximum absolute atomic E-state index is 12.9. The Kier molecular flexibility index (Phi) is 3.86. The highest BCUT2D eigenvalue weighted by molar-refractivity contribution is 5.68. The van der Waals surface area contributed by atoms with E-state index in [1.54, 1.807) is 20.8 Å². The monoisotopic (exact) mass is 269 g/mol. The Morgan fingerprint density at radius 3 is 2.17 bits per heavy atom. The van der Waals surface area contributed by atoms with E-state index in [0.717, 1.165) is 12.0 Å². The molecule has 4 nitrogen and oxygen atoms in total. The van der Waals surface area contributed by atoms with Crippen LogP contribution in [0.2, 0.25) is 0 Å². The standard InChI is InChI=1S/C11H18F3NO3/c1-9(2,3)18-8(16)15-6-5-10(7-15,17-4)11(12,13)14/h5-7H2,1-4H3. The van der Waals surface area contributed by atoms with Crippen molar-refractivity contribution in [1.82, 2.24) is 4.90 Å².